The molecule has 4 heteroatoms. The molecular weight excluding hydrogens is 289 g/mol. The Kier molecular flexibility index (Phi) is 3.61. The van der Waals surface area contributed by atoms with E-state index in [0.717, 1.165) is 16.7 Å². The molecule has 0 bridgehead atoms. The third-order valence-electron chi connectivity index (χ3n) is 2.20. The van der Waals surface area contributed by atoms with Crippen molar-refractivity contribution >= 4 is 33.0 Å². The topological polar surface area (TPSA) is 12.0 Å². The minimum atomic E-state index is -0.214. The van der Waals surface area contributed by atoms with Crippen LogP contribution >= 0.6 is 27.3 Å². The molecule has 0 unspecified atom stereocenters. The molecule has 0 amide bonds. The summed E-state index contributed by atoms with van der Waals surface area (Å²) in [7, 11) is 0. The van der Waals surface area contributed by atoms with Crippen molar-refractivity contribution in [3.8, 4) is 0 Å². The molecule has 1 aromatic carbocycles. The lowest BCUT2D eigenvalue weighted by molar-refractivity contribution is 0.628. The Hall–Kier alpha value is -0.870. The fraction of sp³-hybridized carbons (Fsp3) is 0.167. The lowest BCUT2D eigenvalue weighted by Crippen LogP contribution is -1.97. The molecule has 2 aromatic rings. The predicted molar refractivity (Wildman–Crippen MR) is 70.5 cm³/mol. The summed E-state index contributed by atoms with van der Waals surface area (Å²) < 4.78 is 14.0. The van der Waals surface area contributed by atoms with E-state index >= 15 is 0 Å². The third-order valence-corrected chi connectivity index (χ3v) is 4.34. The molecule has 2 rings (SSSR count). The Morgan fingerprint density at radius 1 is 1.38 bits per heavy atom. The van der Waals surface area contributed by atoms with Crippen LogP contribution in [0.15, 0.2) is 34.8 Å². The number of hydrogen-bond acceptors (Lipinski definition) is 2. The highest BCUT2D eigenvalue weighted by Gasteiger charge is 2.02. The van der Waals surface area contributed by atoms with E-state index in [0.29, 0.717) is 0 Å². The van der Waals surface area contributed by atoms with Crippen LogP contribution in [0, 0.1) is 12.7 Å². The molecular formula is C12H11BrFNS. The predicted octanol–water partition coefficient (Wildman–Crippen LogP) is 4.57. The Morgan fingerprint density at radius 3 is 2.81 bits per heavy atom. The Morgan fingerprint density at radius 2 is 2.19 bits per heavy atom. The highest BCUT2D eigenvalue weighted by atomic mass is 79.9. The minimum absolute atomic E-state index is 0.214. The molecule has 0 aliphatic rings. The number of hydrogen-bond donors (Lipinski definition) is 1. The van der Waals surface area contributed by atoms with Crippen molar-refractivity contribution in [2.24, 2.45) is 0 Å². The van der Waals surface area contributed by atoms with Gasteiger partial charge in [0.15, 0.2) is 0 Å². The van der Waals surface area contributed by atoms with E-state index in [-0.39, 0.29) is 5.82 Å². The quantitative estimate of drug-likeness (QED) is 0.875. The Labute approximate surface area is 106 Å². The fourth-order valence-electron chi connectivity index (χ4n) is 1.39. The van der Waals surface area contributed by atoms with Crippen molar-refractivity contribution in [1.29, 1.82) is 0 Å². The van der Waals surface area contributed by atoms with Gasteiger partial charge in [0.1, 0.15) is 5.82 Å². The summed E-state index contributed by atoms with van der Waals surface area (Å²) >= 11 is 5.21. The molecule has 0 saturated heterocycles. The van der Waals surface area contributed by atoms with Gasteiger partial charge in [-0.05, 0) is 47.1 Å². The van der Waals surface area contributed by atoms with Crippen LogP contribution in [0.2, 0.25) is 0 Å². The molecule has 84 valence electrons. The molecule has 0 spiro atoms. The normalized spacial score (nSPS) is 10.4. The fourth-order valence-corrected chi connectivity index (χ4v) is 2.93. The summed E-state index contributed by atoms with van der Waals surface area (Å²) in [5.74, 6) is -0.214. The number of rotatable bonds is 3. The zero-order valence-corrected chi connectivity index (χ0v) is 11.2. The highest BCUT2D eigenvalue weighted by Crippen LogP contribution is 2.26. The van der Waals surface area contributed by atoms with Crippen LogP contribution in [0.4, 0.5) is 10.1 Å². The van der Waals surface area contributed by atoms with E-state index in [2.05, 4.69) is 34.2 Å². The van der Waals surface area contributed by atoms with Crippen LogP contribution in [0.3, 0.4) is 0 Å². The van der Waals surface area contributed by atoms with Gasteiger partial charge >= 0.3 is 0 Å². The number of nitrogens with one attached hydrogen (secondary N) is 1. The first-order chi connectivity index (χ1) is 7.65. The van der Waals surface area contributed by atoms with Gasteiger partial charge in [-0.25, -0.2) is 4.39 Å². The molecule has 0 fully saturated rings. The highest BCUT2D eigenvalue weighted by molar-refractivity contribution is 9.10. The standard InChI is InChI=1S/C12H11BrFNS/c1-8-12(13)6-11(16-8)7-15-10-4-2-3-9(14)5-10/h2-6,15H,7H2,1H3. The zero-order valence-electron chi connectivity index (χ0n) is 8.76. The van der Waals surface area contributed by atoms with Crippen LogP contribution in [0.5, 0.6) is 0 Å². The van der Waals surface area contributed by atoms with Crippen molar-refractivity contribution in [3.63, 3.8) is 0 Å². The second-order valence-corrected chi connectivity index (χ2v) is 5.68. The zero-order chi connectivity index (χ0) is 11.5. The molecule has 16 heavy (non-hydrogen) atoms. The molecule has 1 N–H and O–H groups in total. The maximum atomic E-state index is 12.9. The van der Waals surface area contributed by atoms with Gasteiger partial charge in [-0.15, -0.1) is 11.3 Å². The van der Waals surface area contributed by atoms with Crippen molar-refractivity contribution in [1.82, 2.24) is 0 Å². The largest absolute Gasteiger partial charge is 0.380 e. The number of benzene rings is 1. The number of aryl methyl sites for hydroxylation is 1. The van der Waals surface area contributed by atoms with Gasteiger partial charge in [0.05, 0.1) is 0 Å². The maximum absolute atomic E-state index is 12.9. The number of anilines is 1. The molecule has 1 aromatic heterocycles. The lowest BCUT2D eigenvalue weighted by Gasteiger charge is -2.04. The van der Waals surface area contributed by atoms with Gasteiger partial charge in [-0.1, -0.05) is 6.07 Å². The summed E-state index contributed by atoms with van der Waals surface area (Å²) in [6.45, 7) is 2.79. The van der Waals surface area contributed by atoms with Gasteiger partial charge in [-0.3, -0.25) is 0 Å². The van der Waals surface area contributed by atoms with Crippen LogP contribution in [-0.2, 0) is 6.54 Å². The first kappa shape index (κ1) is 11.6. The summed E-state index contributed by atoms with van der Waals surface area (Å²) in [4.78, 5) is 2.49. The van der Waals surface area contributed by atoms with Crippen molar-refractivity contribution in [2.45, 2.75) is 13.5 Å². The summed E-state index contributed by atoms with van der Waals surface area (Å²) in [5, 5.41) is 3.19. The smallest absolute Gasteiger partial charge is 0.125 e. The van der Waals surface area contributed by atoms with E-state index in [1.54, 1.807) is 17.4 Å². The molecule has 0 aliphatic heterocycles. The lowest BCUT2D eigenvalue weighted by atomic mass is 10.3. The molecule has 0 radical (unpaired) electrons. The second-order valence-electron chi connectivity index (χ2n) is 3.48. The van der Waals surface area contributed by atoms with Crippen LogP contribution in [-0.4, -0.2) is 0 Å². The average molecular weight is 300 g/mol. The second kappa shape index (κ2) is 4.97. The summed E-state index contributed by atoms with van der Waals surface area (Å²) in [5.41, 5.74) is 0.808. The van der Waals surface area contributed by atoms with Gasteiger partial charge in [-0.2, -0.15) is 0 Å². The van der Waals surface area contributed by atoms with Crippen LogP contribution in [0.25, 0.3) is 0 Å². The van der Waals surface area contributed by atoms with Gasteiger partial charge in [0.25, 0.3) is 0 Å². The van der Waals surface area contributed by atoms with Crippen molar-refractivity contribution < 1.29 is 4.39 Å². The average Bonchev–Trinajstić information content (AvgIpc) is 2.56. The molecule has 1 heterocycles. The number of thiophene rings is 1. The van der Waals surface area contributed by atoms with Gasteiger partial charge in [0.2, 0.25) is 0 Å². The minimum Gasteiger partial charge on any atom is -0.380 e. The van der Waals surface area contributed by atoms with E-state index < -0.39 is 0 Å². The molecule has 1 nitrogen and oxygen atoms in total. The molecule has 0 saturated carbocycles. The van der Waals surface area contributed by atoms with E-state index in [9.17, 15) is 4.39 Å². The van der Waals surface area contributed by atoms with Crippen LogP contribution < -0.4 is 5.32 Å². The number of halogens is 2. The molecule has 0 atom stereocenters. The maximum Gasteiger partial charge on any atom is 0.125 e. The molecule has 0 aliphatic carbocycles. The first-order valence-corrected chi connectivity index (χ1v) is 6.50. The van der Waals surface area contributed by atoms with Crippen LogP contribution in [0.1, 0.15) is 9.75 Å². The van der Waals surface area contributed by atoms with Gasteiger partial charge in [0, 0.05) is 26.5 Å². The van der Waals surface area contributed by atoms with E-state index in [4.69, 9.17) is 0 Å². The summed E-state index contributed by atoms with van der Waals surface area (Å²) in [6, 6.07) is 8.59. The first-order valence-electron chi connectivity index (χ1n) is 4.89. The van der Waals surface area contributed by atoms with Gasteiger partial charge < -0.3 is 5.32 Å². The van der Waals surface area contributed by atoms with E-state index in [1.165, 1.54) is 21.9 Å². The Balaban J connectivity index is 2.02. The third kappa shape index (κ3) is 2.83. The SMILES string of the molecule is Cc1sc(CNc2cccc(F)c2)cc1Br. The summed E-state index contributed by atoms with van der Waals surface area (Å²) in [6.07, 6.45) is 0. The van der Waals surface area contributed by atoms with E-state index in [1.807, 2.05) is 6.07 Å². The van der Waals surface area contributed by atoms with Crippen molar-refractivity contribution in [2.75, 3.05) is 5.32 Å². The Bertz CT molecular complexity index is 476. The van der Waals surface area contributed by atoms with Crippen molar-refractivity contribution in [3.05, 3.63) is 50.4 Å². The monoisotopic (exact) mass is 299 g/mol.